The predicted molar refractivity (Wildman–Crippen MR) is 31.9 cm³/mol. The normalized spacial score (nSPS) is 7.56. The molecule has 0 heterocycles. The van der Waals surface area contributed by atoms with Crippen molar-refractivity contribution in [2.24, 2.45) is 5.11 Å². The summed E-state index contributed by atoms with van der Waals surface area (Å²) < 4.78 is 0. The minimum absolute atomic E-state index is 0. The van der Waals surface area contributed by atoms with E-state index in [1.54, 1.807) is 12.1 Å². The van der Waals surface area contributed by atoms with Gasteiger partial charge in [0.05, 0.1) is 0 Å². The molecule has 3 heteroatoms. The van der Waals surface area contributed by atoms with Crippen LogP contribution in [0.2, 0.25) is 0 Å². The van der Waals surface area contributed by atoms with Crippen LogP contribution in [0.1, 0.15) is 0 Å². The Kier molecular flexibility index (Phi) is 4.03. The summed E-state index contributed by atoms with van der Waals surface area (Å²) in [7, 11) is 0. The molecule has 0 unspecified atom stereocenters. The summed E-state index contributed by atoms with van der Waals surface area (Å²) in [5, 5.41) is 2.97. The molecule has 0 saturated heterocycles. The van der Waals surface area contributed by atoms with E-state index in [4.69, 9.17) is 5.53 Å². The summed E-state index contributed by atoms with van der Waals surface area (Å²) in [6.45, 7) is 0. The maximum absolute atomic E-state index is 8.16. The van der Waals surface area contributed by atoms with Gasteiger partial charge in [-0.25, -0.2) is 0 Å². The summed E-state index contributed by atoms with van der Waals surface area (Å²) >= 11 is 0. The monoisotopic (exact) mass is 112 g/mol. The van der Waals surface area contributed by atoms with Gasteiger partial charge in [-0.15, -0.1) is 0 Å². The first-order valence-corrected chi connectivity index (χ1v) is 2.33. The Morgan fingerprint density at radius 1 is 1.11 bits per heavy atom. The summed E-state index contributed by atoms with van der Waals surface area (Å²) in [4.78, 5) is 0. The fraction of sp³-hybridized carbons (Fsp3) is 0. The van der Waals surface area contributed by atoms with Gasteiger partial charge >= 0.3 is 18.9 Å². The van der Waals surface area contributed by atoms with Crippen molar-refractivity contribution in [3.8, 4) is 0 Å². The molecule has 9 heavy (non-hydrogen) atoms. The van der Waals surface area contributed by atoms with Crippen LogP contribution in [0.3, 0.4) is 0 Å². The average Bonchev–Trinajstić information content (AvgIpc) is 1.90. The van der Waals surface area contributed by atoms with Crippen LogP contribution in [0.25, 0.3) is 5.53 Å². The molecule has 0 aliphatic carbocycles. The van der Waals surface area contributed by atoms with Gasteiger partial charge < -0.3 is 10.6 Å². The van der Waals surface area contributed by atoms with Crippen LogP contribution in [-0.4, -0.2) is 0 Å². The van der Waals surface area contributed by atoms with Gasteiger partial charge in [-0.05, 0) is 12.1 Å². The van der Waals surface area contributed by atoms with E-state index in [9.17, 15) is 0 Å². The molecule has 0 aromatic heterocycles. The minimum Gasteiger partial charge on any atom is -0.706 e. The fourth-order valence-corrected chi connectivity index (χ4v) is 0.495. The number of benzene rings is 1. The van der Waals surface area contributed by atoms with Crippen LogP contribution >= 0.6 is 0 Å². The Morgan fingerprint density at radius 2 is 1.67 bits per heavy atom. The van der Waals surface area contributed by atoms with Crippen molar-refractivity contribution in [3.05, 3.63) is 35.9 Å². The fourth-order valence-electron chi connectivity index (χ4n) is 0.495. The first-order chi connectivity index (χ1) is 3.93. The molecule has 0 N–H and O–H groups in total. The molecule has 0 fully saturated rings. The van der Waals surface area contributed by atoms with Crippen LogP contribution in [0.4, 0.5) is 5.69 Å². The number of nitrogens with zero attached hydrogens (tertiary/aromatic N) is 2. The molecule has 0 aliphatic heterocycles. The van der Waals surface area contributed by atoms with Crippen molar-refractivity contribution in [2.75, 3.05) is 0 Å². The van der Waals surface area contributed by atoms with E-state index < -0.39 is 0 Å². The minimum atomic E-state index is 0. The number of rotatable bonds is 1. The van der Waals surface area contributed by atoms with Crippen LogP contribution in [0, 0.1) is 0 Å². The number of hydrogen-bond acceptors (Lipinski definition) is 1. The van der Waals surface area contributed by atoms with Gasteiger partial charge in [0.2, 0.25) is 0 Å². The third-order valence-corrected chi connectivity index (χ3v) is 0.872. The molecule has 1 rings (SSSR count). The molecular formula is C6H5LiN2. The van der Waals surface area contributed by atoms with Gasteiger partial charge in [0.1, 0.15) is 0 Å². The smallest absolute Gasteiger partial charge is 0.706 e. The maximum atomic E-state index is 8.16. The summed E-state index contributed by atoms with van der Waals surface area (Å²) in [6.07, 6.45) is 0. The van der Waals surface area contributed by atoms with Gasteiger partial charge in [0, 0.05) is 5.69 Å². The van der Waals surface area contributed by atoms with Crippen molar-refractivity contribution in [3.63, 3.8) is 0 Å². The second-order valence-corrected chi connectivity index (χ2v) is 1.44. The second-order valence-electron chi connectivity index (χ2n) is 1.44. The standard InChI is InChI=1S/C6H5N2.Li/c7-8-6-4-2-1-3-5-6;/h1-5H;/q-1;+1. The molecule has 0 saturated carbocycles. The predicted octanol–water partition coefficient (Wildman–Crippen LogP) is -0.656. The molecule has 0 spiro atoms. The third kappa shape index (κ3) is 2.45. The van der Waals surface area contributed by atoms with E-state index in [1.807, 2.05) is 18.2 Å². The van der Waals surface area contributed by atoms with E-state index in [0.717, 1.165) is 0 Å². The maximum Gasteiger partial charge on any atom is 1.00 e. The van der Waals surface area contributed by atoms with Gasteiger partial charge in [0.15, 0.2) is 0 Å². The van der Waals surface area contributed by atoms with Gasteiger partial charge in [0.25, 0.3) is 0 Å². The largest absolute Gasteiger partial charge is 1.00 e. The molecule has 0 bridgehead atoms. The Hall–Kier alpha value is -0.583. The van der Waals surface area contributed by atoms with E-state index in [-0.39, 0.29) is 18.9 Å². The first-order valence-electron chi connectivity index (χ1n) is 2.33. The Morgan fingerprint density at radius 3 is 2.00 bits per heavy atom. The Labute approximate surface area is 66.0 Å². The van der Waals surface area contributed by atoms with Crippen LogP contribution in [-0.2, 0) is 0 Å². The van der Waals surface area contributed by atoms with E-state index in [1.165, 1.54) is 0 Å². The Bertz CT molecular complexity index is 174. The molecule has 40 valence electrons. The molecule has 1 aromatic rings. The molecule has 2 nitrogen and oxygen atoms in total. The average molecular weight is 112 g/mol. The second kappa shape index (κ2) is 4.31. The third-order valence-electron chi connectivity index (χ3n) is 0.872. The van der Waals surface area contributed by atoms with Gasteiger partial charge in [-0.2, -0.15) is 0 Å². The van der Waals surface area contributed by atoms with Crippen molar-refractivity contribution in [1.29, 1.82) is 0 Å². The SMILES string of the molecule is [Li+].[N-]=Nc1ccccc1. The van der Waals surface area contributed by atoms with E-state index >= 15 is 0 Å². The molecular weight excluding hydrogens is 107 g/mol. The van der Waals surface area contributed by atoms with Crippen molar-refractivity contribution >= 4 is 5.69 Å². The quantitative estimate of drug-likeness (QED) is 0.341. The Balaban J connectivity index is 0.000000640. The zero-order chi connectivity index (χ0) is 5.82. The van der Waals surface area contributed by atoms with Gasteiger partial charge in [-0.1, -0.05) is 18.2 Å². The molecule has 0 amide bonds. The van der Waals surface area contributed by atoms with Gasteiger partial charge in [-0.3, -0.25) is 0 Å². The topological polar surface area (TPSA) is 34.7 Å². The molecule has 0 radical (unpaired) electrons. The molecule has 1 aromatic carbocycles. The van der Waals surface area contributed by atoms with Crippen LogP contribution < -0.4 is 18.9 Å². The number of hydrogen-bond donors (Lipinski definition) is 0. The first kappa shape index (κ1) is 8.42. The van der Waals surface area contributed by atoms with Crippen LogP contribution in [0.15, 0.2) is 35.4 Å². The van der Waals surface area contributed by atoms with Crippen LogP contribution in [0.5, 0.6) is 0 Å². The van der Waals surface area contributed by atoms with Crippen molar-refractivity contribution in [1.82, 2.24) is 0 Å². The summed E-state index contributed by atoms with van der Waals surface area (Å²) in [5.41, 5.74) is 8.75. The zero-order valence-electron chi connectivity index (χ0n) is 5.28. The zero-order valence-corrected chi connectivity index (χ0v) is 5.28. The van der Waals surface area contributed by atoms with Crippen molar-refractivity contribution in [2.45, 2.75) is 0 Å². The summed E-state index contributed by atoms with van der Waals surface area (Å²) in [5.74, 6) is 0. The summed E-state index contributed by atoms with van der Waals surface area (Å²) in [6, 6.07) is 8.94. The van der Waals surface area contributed by atoms with Crippen molar-refractivity contribution < 1.29 is 18.9 Å². The molecule has 0 aliphatic rings. The molecule has 0 atom stereocenters. The van der Waals surface area contributed by atoms with E-state index in [0.29, 0.717) is 5.69 Å². The van der Waals surface area contributed by atoms with E-state index in [2.05, 4.69) is 5.11 Å².